The van der Waals surface area contributed by atoms with Gasteiger partial charge < -0.3 is 42.1 Å². The summed E-state index contributed by atoms with van der Waals surface area (Å²) in [5.74, 6) is 9.74. The van der Waals surface area contributed by atoms with Gasteiger partial charge >= 0.3 is 11.9 Å². The van der Waals surface area contributed by atoms with Crippen LogP contribution in [-0.4, -0.2) is 143 Å². The molecule has 4 atom stereocenters. The van der Waals surface area contributed by atoms with E-state index in [2.05, 4.69) is 48.8 Å². The predicted octanol–water partition coefficient (Wildman–Crippen LogP) is 6.17. The number of nitrogens with one attached hydrogen (secondary N) is 6. The first kappa shape index (κ1) is 92.6. The number of nitrogens with two attached hydrogens (primary N) is 3. The molecule has 0 fully saturated rings. The van der Waals surface area contributed by atoms with E-state index < -0.39 is 60.0 Å². The van der Waals surface area contributed by atoms with Crippen molar-refractivity contribution in [3.8, 4) is 0 Å². The number of imide groups is 1. The molecule has 1 aliphatic rings. The Kier molecular flexibility index (Phi) is 49.9. The molecule has 8 amide bonds. The lowest BCUT2D eigenvalue weighted by molar-refractivity contribution is -0.162. The van der Waals surface area contributed by atoms with Crippen molar-refractivity contribution in [2.24, 2.45) is 64.9 Å². The first-order valence-corrected chi connectivity index (χ1v) is 30.7. The Labute approximate surface area is 555 Å². The summed E-state index contributed by atoms with van der Waals surface area (Å²) in [5.41, 5.74) is 5.56. The van der Waals surface area contributed by atoms with Crippen molar-refractivity contribution in [1.29, 1.82) is 0 Å². The molecule has 28 nitrogen and oxygen atoms in total. The first-order valence-electron chi connectivity index (χ1n) is 30.7. The third-order valence-electron chi connectivity index (χ3n) is 12.1. The van der Waals surface area contributed by atoms with Crippen molar-refractivity contribution in [1.82, 2.24) is 37.3 Å². The number of rotatable bonds is 31. The molecule has 28 heteroatoms. The van der Waals surface area contributed by atoms with Gasteiger partial charge in [-0.05, 0) is 122 Å². The van der Waals surface area contributed by atoms with Crippen molar-refractivity contribution in [3.63, 3.8) is 0 Å². The lowest BCUT2D eigenvalue weighted by Gasteiger charge is -2.23. The van der Waals surface area contributed by atoms with E-state index in [9.17, 15) is 47.9 Å². The second kappa shape index (κ2) is 50.7. The number of hydrogen-bond donors (Lipinski definition) is 12. The fraction of sp³-hybridized carbons (Fsp3) is 0.576. The number of hydroxylamine groups is 4. The Morgan fingerprint density at radius 3 is 0.979 bits per heavy atom. The Hall–Kier alpha value is -7.80. The van der Waals surface area contributed by atoms with Crippen LogP contribution in [0, 0.1) is 47.3 Å². The smallest absolute Gasteiger partial charge is 0.335 e. The summed E-state index contributed by atoms with van der Waals surface area (Å²) in [5, 5.41) is 35.9. The maximum atomic E-state index is 12.7. The second-order valence-corrected chi connectivity index (χ2v) is 24.6. The lowest BCUT2D eigenvalue weighted by atomic mass is 10.1. The average molecular weight is 1330 g/mol. The predicted molar refractivity (Wildman–Crippen MR) is 358 cm³/mol. The van der Waals surface area contributed by atoms with Gasteiger partial charge in [0.05, 0.1) is 22.3 Å². The van der Waals surface area contributed by atoms with Crippen molar-refractivity contribution < 1.29 is 88.1 Å². The number of benzene rings is 3. The summed E-state index contributed by atoms with van der Waals surface area (Å²) in [4.78, 5) is 141. The van der Waals surface area contributed by atoms with Crippen LogP contribution in [0.2, 0.25) is 0 Å². The maximum absolute atomic E-state index is 12.7. The zero-order chi connectivity index (χ0) is 71.0. The summed E-state index contributed by atoms with van der Waals surface area (Å²) in [7, 11) is 1.00. The number of hydrogen-bond acceptors (Lipinski definition) is 18. The molecule has 4 rings (SSSR count). The maximum Gasteiger partial charge on any atom is 0.335 e. The van der Waals surface area contributed by atoms with Crippen molar-refractivity contribution in [3.05, 3.63) is 106 Å². The molecule has 1 heterocycles. The van der Waals surface area contributed by atoms with E-state index in [1.807, 2.05) is 111 Å². The Balaban J connectivity index is -0.000000615. The third-order valence-corrected chi connectivity index (χ3v) is 12.1. The fourth-order valence-electron chi connectivity index (χ4n) is 7.57. The molecule has 0 aliphatic carbocycles. The van der Waals surface area contributed by atoms with Gasteiger partial charge in [-0.25, -0.2) is 31.3 Å². The van der Waals surface area contributed by atoms with Crippen LogP contribution in [0.1, 0.15) is 206 Å². The molecule has 3 aromatic carbocycles. The monoisotopic (exact) mass is 1330 g/mol. The van der Waals surface area contributed by atoms with E-state index in [1.165, 1.54) is 36.4 Å². The van der Waals surface area contributed by atoms with Gasteiger partial charge in [-0.2, -0.15) is 0 Å². The number of aromatic carboxylic acids is 2. The van der Waals surface area contributed by atoms with Gasteiger partial charge in [-0.1, -0.05) is 142 Å². The summed E-state index contributed by atoms with van der Waals surface area (Å²) in [6.45, 7) is 34.0. The van der Waals surface area contributed by atoms with Gasteiger partial charge in [0.2, 0.25) is 0 Å². The number of aliphatic hydroxyl groups excluding tert-OH is 1. The standard InChI is InChI=1S/C28H46N4O6.C18H24N2O4.C10H22N2O2.C8H6O4.CH4O.CH4.H4N2.H2O/c1-17(2)12-23(27(35)29-15-19(5)6)37-31-25(33)21-10-9-11-22(14-21)26(34)32-38-24(13-18(3)4)28(36)30-16-20(7)8;1-11(2)9-15(16(21)19-10-12(3)4)24-20-17(22)13-7-5-6-8-14(13)18(20)23;1-7(2)5-9(14-11)10(13)12-6-8(3)4;9-7(10)5-2-1-3-6(4-5)8(11)12;1-2;;1-2;/h9-11,14,17-20,23-24H,12-13,15-16H2,1-8H3,(H,29,35)(H,30,36)(H,31,33)(H,32,34);5-8,11-12,15H,9-10H2,1-4H3,(H,19,21);7-9H,5-6,11H2,1-4H3,(H,12,13);1-4H,(H,9,10)(H,11,12);2H,1H3;1H4;1-2H2;1H2/t23-,24-;15-;9-;;;;;/m111...../s1. The number of carboxylic acids is 2. The Morgan fingerprint density at radius 2 is 0.691 bits per heavy atom. The minimum absolute atomic E-state index is 0. The molecule has 534 valence electrons. The van der Waals surface area contributed by atoms with E-state index in [0.717, 1.165) is 13.2 Å². The number of carboxylic acid groups (broad SMARTS) is 2. The molecule has 94 heavy (non-hydrogen) atoms. The van der Waals surface area contributed by atoms with Crippen LogP contribution in [-0.2, 0) is 38.5 Å². The summed E-state index contributed by atoms with van der Waals surface area (Å²) in [6.07, 6.45) is -1.19. The lowest BCUT2D eigenvalue weighted by Crippen LogP contribution is -2.44. The normalized spacial score (nSPS) is 12.4. The topological polar surface area (TPSA) is 453 Å². The minimum atomic E-state index is -1.13. The van der Waals surface area contributed by atoms with Crippen LogP contribution in [0.3, 0.4) is 0 Å². The molecule has 17 N–H and O–H groups in total. The summed E-state index contributed by atoms with van der Waals surface area (Å²) >= 11 is 0. The largest absolute Gasteiger partial charge is 0.478 e. The molecular formula is C66H112N10O18. The van der Waals surface area contributed by atoms with Crippen LogP contribution < -0.4 is 49.8 Å². The number of nitrogens with zero attached hydrogens (tertiary/aromatic N) is 1. The van der Waals surface area contributed by atoms with Crippen LogP contribution >= 0.6 is 0 Å². The average Bonchev–Trinajstić information content (AvgIpc) is 1.64. The van der Waals surface area contributed by atoms with Gasteiger partial charge in [0, 0.05) is 44.4 Å². The molecule has 0 aromatic heterocycles. The number of fused-ring (bicyclic) bond motifs is 1. The van der Waals surface area contributed by atoms with Crippen LogP contribution in [0.15, 0.2) is 72.8 Å². The summed E-state index contributed by atoms with van der Waals surface area (Å²) < 4.78 is 0. The van der Waals surface area contributed by atoms with Gasteiger partial charge in [-0.3, -0.25) is 64.6 Å². The van der Waals surface area contributed by atoms with Crippen molar-refractivity contribution in [2.75, 3.05) is 33.3 Å². The van der Waals surface area contributed by atoms with Crippen LogP contribution in [0.25, 0.3) is 0 Å². The first-order chi connectivity index (χ1) is 43.2. The highest BCUT2D eigenvalue weighted by atomic mass is 16.7. The highest BCUT2D eigenvalue weighted by Crippen LogP contribution is 2.25. The Bertz CT molecular complexity index is 2610. The summed E-state index contributed by atoms with van der Waals surface area (Å²) in [6, 6.07) is 17.7. The number of amides is 8. The Morgan fingerprint density at radius 1 is 0.426 bits per heavy atom. The van der Waals surface area contributed by atoms with Gasteiger partial charge in [0.1, 0.15) is 0 Å². The number of carbonyl (C=O) groups is 10. The molecule has 0 saturated carbocycles. The molecule has 0 bridgehead atoms. The van der Waals surface area contributed by atoms with Gasteiger partial charge in [-0.15, -0.1) is 5.06 Å². The highest BCUT2D eigenvalue weighted by Gasteiger charge is 2.39. The quantitative estimate of drug-likeness (QED) is 0.0195. The highest BCUT2D eigenvalue weighted by molar-refractivity contribution is 6.20. The third kappa shape index (κ3) is 38.4. The molecule has 0 radical (unpaired) electrons. The fourth-order valence-corrected chi connectivity index (χ4v) is 7.57. The molecule has 0 unspecified atom stereocenters. The number of carbonyl (C=O) groups excluding carboxylic acids is 8. The van der Waals surface area contributed by atoms with E-state index >= 15 is 0 Å². The van der Waals surface area contributed by atoms with Crippen molar-refractivity contribution >= 4 is 59.2 Å². The zero-order valence-electron chi connectivity index (χ0n) is 57.2. The van der Waals surface area contributed by atoms with E-state index in [1.54, 1.807) is 30.3 Å². The molecule has 1 aliphatic heterocycles. The van der Waals surface area contributed by atoms with E-state index in [-0.39, 0.29) is 88.4 Å². The zero-order valence-corrected chi connectivity index (χ0v) is 57.2. The van der Waals surface area contributed by atoms with Gasteiger partial charge in [0.25, 0.3) is 47.3 Å². The number of aliphatic hydroxyl groups is 1. The number of hydrazine groups is 1. The van der Waals surface area contributed by atoms with Gasteiger partial charge in [0.15, 0.2) is 24.4 Å². The van der Waals surface area contributed by atoms with Crippen LogP contribution in [0.4, 0.5) is 0 Å². The van der Waals surface area contributed by atoms with Crippen LogP contribution in [0.5, 0.6) is 0 Å². The van der Waals surface area contributed by atoms with Crippen molar-refractivity contribution in [2.45, 2.75) is 168 Å². The second-order valence-electron chi connectivity index (χ2n) is 24.6. The SMILES string of the molecule is C.CC(C)CNC(=O)[C@@H](CC(C)C)ON.CC(C)CNC(=O)[C@@H](CC(C)C)ON1C(=O)c2ccccc2C1=O.CC(C)CNC(=O)[C@@H](CC(C)C)ONC(=O)c1cccc(C(=O)NO[C@H](CC(C)C)C(=O)NCC(C)C)c1.CO.NN.O.O=C(O)c1cccc(C(=O)O)c1. The molecule has 0 spiro atoms. The minimum Gasteiger partial charge on any atom is -0.478 e. The molecule has 3 aromatic rings. The van der Waals surface area contributed by atoms with E-state index in [0.29, 0.717) is 85.8 Å². The van der Waals surface area contributed by atoms with E-state index in [4.69, 9.17) is 35.7 Å². The molecular weight excluding hydrogens is 1220 g/mol. The molecule has 0 saturated heterocycles.